The minimum absolute atomic E-state index is 0.127. The number of aryl methyl sites for hydroxylation is 1. The van der Waals surface area contributed by atoms with Crippen LogP contribution in [0.25, 0.3) is 0 Å². The van der Waals surface area contributed by atoms with Crippen molar-refractivity contribution in [3.05, 3.63) is 45.3 Å². The number of carbonyl (C=O) groups is 2. The van der Waals surface area contributed by atoms with Crippen molar-refractivity contribution >= 4 is 44.4 Å². The molecule has 0 bridgehead atoms. The molecule has 1 saturated heterocycles. The van der Waals surface area contributed by atoms with E-state index in [1.807, 2.05) is 13.0 Å². The van der Waals surface area contributed by atoms with Gasteiger partial charge in [-0.25, -0.2) is 4.79 Å². The van der Waals surface area contributed by atoms with E-state index in [9.17, 15) is 14.7 Å². The molecule has 5 nitrogen and oxygen atoms in total. The van der Waals surface area contributed by atoms with E-state index in [1.165, 1.54) is 27.8 Å². The van der Waals surface area contributed by atoms with Crippen molar-refractivity contribution in [2.45, 2.75) is 69.9 Å². The number of amides is 1. The molecule has 3 aliphatic rings. The summed E-state index contributed by atoms with van der Waals surface area (Å²) in [6.07, 6.45) is 2.00. The van der Waals surface area contributed by atoms with Gasteiger partial charge in [-0.05, 0) is 49.4 Å². The van der Waals surface area contributed by atoms with Crippen LogP contribution in [0.1, 0.15) is 50.5 Å². The van der Waals surface area contributed by atoms with E-state index in [2.05, 4.69) is 52.1 Å². The lowest BCUT2D eigenvalue weighted by Gasteiger charge is -2.56. The highest BCUT2D eigenvalue weighted by atomic mass is 32.2. The number of hydrogen-bond acceptors (Lipinski definition) is 5. The van der Waals surface area contributed by atoms with Gasteiger partial charge >= 0.3 is 5.97 Å². The number of aliphatic carboxylic acids is 1. The van der Waals surface area contributed by atoms with E-state index in [0.29, 0.717) is 0 Å². The summed E-state index contributed by atoms with van der Waals surface area (Å²) in [6.45, 7) is 12.5. The first-order valence-electron chi connectivity index (χ1n) is 10.7. The lowest BCUT2D eigenvalue weighted by Crippen LogP contribution is -2.69. The Hall–Kier alpha value is -1.22. The van der Waals surface area contributed by atoms with E-state index in [1.54, 1.807) is 11.8 Å². The highest BCUT2D eigenvalue weighted by Gasteiger charge is 2.65. The van der Waals surface area contributed by atoms with Crippen molar-refractivity contribution in [1.82, 2.24) is 4.90 Å². The zero-order valence-corrected chi connectivity index (χ0v) is 21.5. The number of rotatable bonds is 6. The molecule has 1 amide bonds. The lowest BCUT2D eigenvalue weighted by atomic mass is 9.66. The predicted molar refractivity (Wildman–Crippen MR) is 128 cm³/mol. The van der Waals surface area contributed by atoms with Gasteiger partial charge in [0.15, 0.2) is 5.70 Å². The van der Waals surface area contributed by atoms with Crippen molar-refractivity contribution in [2.75, 3.05) is 0 Å². The molecule has 167 valence electrons. The quantitative estimate of drug-likeness (QED) is 0.446. The Bertz CT molecular complexity index is 957. The Morgan fingerprint density at radius 3 is 2.55 bits per heavy atom. The van der Waals surface area contributed by atoms with Gasteiger partial charge in [0.05, 0.1) is 15.8 Å². The van der Waals surface area contributed by atoms with Crippen LogP contribution >= 0.6 is 23.5 Å². The maximum atomic E-state index is 13.4. The fourth-order valence-electron chi connectivity index (χ4n) is 4.74. The number of nitrogens with zero attached hydrogens (tertiary/aromatic N) is 1. The van der Waals surface area contributed by atoms with Gasteiger partial charge in [-0.3, -0.25) is 9.69 Å². The third-order valence-corrected chi connectivity index (χ3v) is 10.5. The van der Waals surface area contributed by atoms with Crippen LogP contribution in [0.15, 0.2) is 34.2 Å². The Kier molecular flexibility index (Phi) is 5.90. The van der Waals surface area contributed by atoms with Crippen molar-refractivity contribution in [3.63, 3.8) is 0 Å². The summed E-state index contributed by atoms with van der Waals surface area (Å²) < 4.78 is 7.22. The summed E-state index contributed by atoms with van der Waals surface area (Å²) >= 11 is 3.15. The topological polar surface area (TPSA) is 66.8 Å². The van der Waals surface area contributed by atoms with Crippen molar-refractivity contribution in [2.24, 2.45) is 11.3 Å². The standard InChI is InChI=1S/C23H30NO4S2Si/c1-22(2,3)23(4,28-31(5)6)16-18(25)24-17(20(26)27)21(30-19(16)24)29-15-12-11-13-9-7-8-10-14(13)15/h7-10,15-16,19H,11-12H2,1-6H3,(H,26,27)/t15?,16-,19-,23+/m1/s1. The molecule has 1 N–H and O–H groups in total. The van der Waals surface area contributed by atoms with Crippen molar-refractivity contribution in [3.8, 4) is 0 Å². The molecule has 8 heteroatoms. The number of carbonyl (C=O) groups excluding carboxylic acids is 1. The molecular weight excluding hydrogens is 446 g/mol. The van der Waals surface area contributed by atoms with Gasteiger partial charge in [-0.1, -0.05) is 56.8 Å². The monoisotopic (exact) mass is 476 g/mol. The summed E-state index contributed by atoms with van der Waals surface area (Å²) in [5.41, 5.74) is 1.87. The van der Waals surface area contributed by atoms with Crippen LogP contribution in [0.4, 0.5) is 0 Å². The normalized spacial score (nSPS) is 27.3. The van der Waals surface area contributed by atoms with Gasteiger partial charge < -0.3 is 9.53 Å². The van der Waals surface area contributed by atoms with E-state index in [4.69, 9.17) is 4.43 Å². The average Bonchev–Trinajstić information content (AvgIpc) is 3.20. The summed E-state index contributed by atoms with van der Waals surface area (Å²) in [5.74, 6) is -1.51. The minimum atomic E-state index is -1.05. The van der Waals surface area contributed by atoms with Crippen LogP contribution in [-0.2, 0) is 20.4 Å². The van der Waals surface area contributed by atoms with Gasteiger partial charge in [0.2, 0.25) is 14.9 Å². The molecule has 0 spiro atoms. The fourth-order valence-corrected chi connectivity index (χ4v) is 9.38. The number of thioether (sulfide) groups is 2. The second-order valence-electron chi connectivity index (χ2n) is 9.85. The molecule has 4 atom stereocenters. The summed E-state index contributed by atoms with van der Waals surface area (Å²) in [5, 5.41) is 9.99. The molecule has 2 aliphatic heterocycles. The van der Waals surface area contributed by atoms with Crippen molar-refractivity contribution < 1.29 is 19.1 Å². The number of hydrogen-bond donors (Lipinski definition) is 1. The second-order valence-corrected chi connectivity index (χ2v) is 14.5. The van der Waals surface area contributed by atoms with Gasteiger partial charge in [0, 0.05) is 5.25 Å². The van der Waals surface area contributed by atoms with Crippen LogP contribution in [-0.4, -0.2) is 41.9 Å². The highest BCUT2D eigenvalue weighted by Crippen LogP contribution is 2.61. The molecule has 1 unspecified atom stereocenters. The maximum Gasteiger partial charge on any atom is 0.354 e. The minimum Gasteiger partial charge on any atom is -0.477 e. The number of β-lactam (4-membered cyclic amide) rings is 1. The number of benzene rings is 1. The molecular formula is C23H30NO4S2Si. The molecule has 4 rings (SSSR count). The average molecular weight is 477 g/mol. The molecule has 0 aromatic heterocycles. The lowest BCUT2D eigenvalue weighted by molar-refractivity contribution is -0.173. The van der Waals surface area contributed by atoms with Gasteiger partial charge in [-0.2, -0.15) is 0 Å². The fraction of sp³-hybridized carbons (Fsp3) is 0.565. The Morgan fingerprint density at radius 2 is 1.94 bits per heavy atom. The van der Waals surface area contributed by atoms with Crippen molar-refractivity contribution in [1.29, 1.82) is 0 Å². The molecule has 1 aromatic rings. The first-order valence-corrected chi connectivity index (χ1v) is 14.8. The first-order chi connectivity index (χ1) is 14.5. The van der Waals surface area contributed by atoms with E-state index >= 15 is 0 Å². The summed E-state index contributed by atoms with van der Waals surface area (Å²) in [4.78, 5) is 27.1. The van der Waals surface area contributed by atoms with Gasteiger partial charge in [0.1, 0.15) is 5.37 Å². The Labute approximate surface area is 194 Å². The molecule has 31 heavy (non-hydrogen) atoms. The first kappa shape index (κ1) is 23.0. The van der Waals surface area contributed by atoms with Crippen LogP contribution in [0.2, 0.25) is 13.1 Å². The van der Waals surface area contributed by atoms with Gasteiger partial charge in [0.25, 0.3) is 0 Å². The maximum absolute atomic E-state index is 13.4. The van der Waals surface area contributed by atoms with E-state index < -0.39 is 20.6 Å². The largest absolute Gasteiger partial charge is 0.477 e. The molecule has 0 saturated carbocycles. The van der Waals surface area contributed by atoms with E-state index in [0.717, 1.165) is 17.1 Å². The highest BCUT2D eigenvalue weighted by molar-refractivity contribution is 8.22. The Balaban J connectivity index is 1.63. The third kappa shape index (κ3) is 3.69. The molecule has 1 radical (unpaired) electrons. The summed E-state index contributed by atoms with van der Waals surface area (Å²) in [7, 11) is -1.05. The number of fused-ring (bicyclic) bond motifs is 2. The van der Waals surface area contributed by atoms with Crippen LogP contribution in [0, 0.1) is 11.3 Å². The second kappa shape index (κ2) is 7.97. The predicted octanol–water partition coefficient (Wildman–Crippen LogP) is 5.26. The zero-order valence-electron chi connectivity index (χ0n) is 18.9. The molecule has 2 heterocycles. The zero-order chi connectivity index (χ0) is 22.7. The van der Waals surface area contributed by atoms with Gasteiger partial charge in [-0.15, -0.1) is 11.8 Å². The number of carboxylic acid groups (broad SMARTS) is 1. The molecule has 1 aromatic carbocycles. The molecule has 1 fully saturated rings. The van der Waals surface area contributed by atoms with Crippen LogP contribution in [0.5, 0.6) is 0 Å². The van der Waals surface area contributed by atoms with E-state index in [-0.39, 0.29) is 33.6 Å². The smallest absolute Gasteiger partial charge is 0.354 e. The molecule has 1 aliphatic carbocycles. The third-order valence-electron chi connectivity index (χ3n) is 6.73. The van der Waals surface area contributed by atoms with Crippen LogP contribution in [0.3, 0.4) is 0 Å². The number of carboxylic acids is 1. The van der Waals surface area contributed by atoms with Crippen LogP contribution < -0.4 is 0 Å². The Morgan fingerprint density at radius 1 is 1.26 bits per heavy atom. The summed E-state index contributed by atoms with van der Waals surface area (Å²) in [6, 6.07) is 8.38. The SMILES string of the molecule is C[Si](C)O[C@@](C)([C@@H]1C(=O)N2C(C(=O)O)=C(SC3CCc4ccccc43)S[C@H]12)C(C)(C)C.